The Kier molecular flexibility index (Phi) is 20.1. The summed E-state index contributed by atoms with van der Waals surface area (Å²) >= 11 is 0. The number of rotatable bonds is 6. The zero-order valence-electron chi connectivity index (χ0n) is 50.5. The predicted octanol–water partition coefficient (Wildman–Crippen LogP) is 9.35. The second-order valence-corrected chi connectivity index (χ2v) is 23.1. The van der Waals surface area contributed by atoms with Gasteiger partial charge in [0.25, 0.3) is 0 Å². The molecule has 3 aromatic heterocycles. The molecule has 0 saturated carbocycles. The number of nitrogens with one attached hydrogen (secondary N) is 5. The maximum absolute atomic E-state index is 4.93. The summed E-state index contributed by atoms with van der Waals surface area (Å²) in [6, 6.07) is 15.2. The van der Waals surface area contributed by atoms with Gasteiger partial charge in [-0.1, -0.05) is 36.4 Å². The minimum atomic E-state index is -0.101. The van der Waals surface area contributed by atoms with Gasteiger partial charge in [0, 0.05) is 98.1 Å². The van der Waals surface area contributed by atoms with Crippen molar-refractivity contribution in [2.24, 2.45) is 20.4 Å². The standard InChI is InChI=1S/C21H25N5.C20H26N8.C14H10N4.2C6H12N/c1-2-10-18-16(7-1)8-5-14-26(18)21-17-9-6-13-25(19(17)15-23-24-21)20-11-3-4-12-22-20;1-13-9-15-6-8-21-11-17(15)28(26-13)20-16-10-14(2)25-27(18(16)12-23-24-20)19-5-3-4-7-22-19;1-3-9-15-11(5-1)13-7-8-14(18-17-13)12-6-2-4-10-16-12;2*1-7-5-3-2-4-6-7/h3-6,11-15,20-22,24H,1-2,7-10H2;3-5,7,12,19-22,24H,6,8-11H2,1-2H3;1-10H;2*5H,2-4,6H2,1H3/q;;;2*+1. The van der Waals surface area contributed by atoms with Gasteiger partial charge in [-0.05, 0) is 162 Å². The quantitative estimate of drug-likeness (QED) is 0.148. The van der Waals surface area contributed by atoms with Crippen molar-refractivity contribution in [1.29, 1.82) is 0 Å². The van der Waals surface area contributed by atoms with E-state index in [0.29, 0.717) is 0 Å². The Morgan fingerprint density at radius 3 is 1.79 bits per heavy atom. The van der Waals surface area contributed by atoms with Gasteiger partial charge in [0.1, 0.15) is 69.5 Å². The SMILES string of the molecule is C1=CNC(N2C=CCC3=C2C=NNC3N2C=CCC3=C2CCCC3)C=C1.CC1=NN(C2C=CC=CN2)C2=C(C1)C(N1N=C(C)CC3=C1CNCC3)NN=C2.C[N+]1=CCCCC1.C[N+]1=CCCCC1.c1ccc(-c2ccc(-c3ccccn3)nn2)nc1. The van der Waals surface area contributed by atoms with Crippen molar-refractivity contribution in [1.82, 2.24) is 66.8 Å². The Bertz CT molecular complexity index is 3290. The minimum absolute atomic E-state index is 0.0202. The molecule has 15 rings (SSSR count). The van der Waals surface area contributed by atoms with Crippen molar-refractivity contribution >= 4 is 36.3 Å². The second kappa shape index (κ2) is 29.3. The van der Waals surface area contributed by atoms with E-state index >= 15 is 0 Å². The molecule has 3 aromatic rings. The first-order valence-corrected chi connectivity index (χ1v) is 31.0. The summed E-state index contributed by atoms with van der Waals surface area (Å²) in [5.74, 6) is 0. The van der Waals surface area contributed by atoms with E-state index in [0.717, 1.165) is 85.1 Å². The summed E-state index contributed by atoms with van der Waals surface area (Å²) in [6.07, 6.45) is 55.4. The molecular weight excluding hydrogens is 1070 g/mol. The van der Waals surface area contributed by atoms with Crippen molar-refractivity contribution in [3.8, 4) is 22.8 Å². The maximum atomic E-state index is 4.93. The molecule has 0 aromatic carbocycles. The average Bonchev–Trinajstić information content (AvgIpc) is 2.91. The Morgan fingerprint density at radius 1 is 0.547 bits per heavy atom. The van der Waals surface area contributed by atoms with E-state index in [1.807, 2.05) is 96.6 Å². The Labute approximate surface area is 507 Å². The van der Waals surface area contributed by atoms with Gasteiger partial charge in [-0.15, -0.1) is 10.2 Å². The molecule has 11 aliphatic heterocycles. The summed E-state index contributed by atoms with van der Waals surface area (Å²) < 4.78 is 4.53. The number of pyridine rings is 2. The highest BCUT2D eigenvalue weighted by atomic mass is 15.6. The summed E-state index contributed by atoms with van der Waals surface area (Å²) in [5, 5.41) is 41.5. The Hall–Kier alpha value is -8.84. The monoisotopic (exact) mass is 1160 g/mol. The van der Waals surface area contributed by atoms with E-state index in [1.54, 1.807) is 18.0 Å². The van der Waals surface area contributed by atoms with Crippen molar-refractivity contribution < 1.29 is 9.15 Å². The lowest BCUT2D eigenvalue weighted by Gasteiger charge is -2.43. The first-order chi connectivity index (χ1) is 42.3. The van der Waals surface area contributed by atoms with Crippen LogP contribution < -0.4 is 26.8 Å². The lowest BCUT2D eigenvalue weighted by atomic mass is 9.90. The topological polar surface area (TPSA) is 180 Å². The summed E-state index contributed by atoms with van der Waals surface area (Å²) in [6.45, 7) is 8.62. The van der Waals surface area contributed by atoms with Gasteiger partial charge < -0.3 is 25.8 Å². The van der Waals surface area contributed by atoms with Gasteiger partial charge >= 0.3 is 0 Å². The third kappa shape index (κ3) is 14.8. The average molecular weight is 1160 g/mol. The lowest BCUT2D eigenvalue weighted by Crippen LogP contribution is -2.52. The maximum Gasteiger partial charge on any atom is 0.160 e. The van der Waals surface area contributed by atoms with Gasteiger partial charge in [0.2, 0.25) is 0 Å². The van der Waals surface area contributed by atoms with Crippen LogP contribution in [0.1, 0.15) is 110 Å². The van der Waals surface area contributed by atoms with Gasteiger partial charge in [0.15, 0.2) is 6.17 Å². The molecule has 14 heterocycles. The highest BCUT2D eigenvalue weighted by Crippen LogP contribution is 2.38. The Morgan fingerprint density at radius 2 is 1.17 bits per heavy atom. The fourth-order valence-corrected chi connectivity index (χ4v) is 12.3. The van der Waals surface area contributed by atoms with Crippen molar-refractivity contribution in [3.05, 3.63) is 179 Å². The van der Waals surface area contributed by atoms with Crippen LogP contribution in [0.25, 0.3) is 22.8 Å². The summed E-state index contributed by atoms with van der Waals surface area (Å²) in [4.78, 5) is 13.2. The molecule has 1 aliphatic carbocycles. The predicted molar refractivity (Wildman–Crippen MR) is 346 cm³/mol. The molecule has 0 amide bonds. The number of dihydropyridines is 2. The largest absolute Gasteiger partial charge is 0.368 e. The molecule has 446 valence electrons. The van der Waals surface area contributed by atoms with Crippen molar-refractivity contribution in [2.45, 2.75) is 135 Å². The van der Waals surface area contributed by atoms with Gasteiger partial charge in [0.05, 0.1) is 40.9 Å². The van der Waals surface area contributed by atoms with E-state index in [4.69, 9.17) is 10.2 Å². The third-order valence-corrected chi connectivity index (χ3v) is 16.7. The van der Waals surface area contributed by atoms with Crippen LogP contribution >= 0.6 is 0 Å². The summed E-state index contributed by atoms with van der Waals surface area (Å²) in [5.41, 5.74) is 22.9. The first-order valence-electron chi connectivity index (χ1n) is 31.0. The van der Waals surface area contributed by atoms with E-state index in [1.165, 1.54) is 111 Å². The number of aromatic nitrogens is 4. The van der Waals surface area contributed by atoms with Crippen LogP contribution in [0.3, 0.4) is 0 Å². The normalized spacial score (nSPS) is 24.0. The van der Waals surface area contributed by atoms with Crippen LogP contribution in [0, 0.1) is 0 Å². The lowest BCUT2D eigenvalue weighted by molar-refractivity contribution is -0.497. The zero-order valence-corrected chi connectivity index (χ0v) is 50.5. The second-order valence-electron chi connectivity index (χ2n) is 23.1. The molecule has 5 N–H and O–H groups in total. The molecular formula is C67H85N19+2. The molecule has 0 spiro atoms. The molecule has 19 nitrogen and oxygen atoms in total. The van der Waals surface area contributed by atoms with Crippen LogP contribution in [-0.2, 0) is 0 Å². The third-order valence-electron chi connectivity index (χ3n) is 16.7. The number of hydrazone groups is 4. The van der Waals surface area contributed by atoms with Gasteiger partial charge in [-0.3, -0.25) is 20.8 Å². The minimum Gasteiger partial charge on any atom is -0.368 e. The van der Waals surface area contributed by atoms with Crippen LogP contribution in [0.4, 0.5) is 0 Å². The fraction of sp³-hybridized carbons (Fsp3) is 0.403. The molecule has 12 aliphatic rings. The number of hydrogen-bond donors (Lipinski definition) is 5. The zero-order chi connectivity index (χ0) is 58.9. The molecule has 0 radical (unpaired) electrons. The molecule has 0 fully saturated rings. The molecule has 19 heteroatoms. The highest BCUT2D eigenvalue weighted by Gasteiger charge is 2.38. The number of nitrogens with zero attached hydrogens (tertiary/aromatic N) is 14. The van der Waals surface area contributed by atoms with Crippen LogP contribution in [-0.4, -0.2) is 150 Å². The number of allylic oxidation sites excluding steroid dienone is 10. The number of hydrogen-bond acceptors (Lipinski definition) is 17. The van der Waals surface area contributed by atoms with Gasteiger partial charge in [-0.2, -0.15) is 20.4 Å². The van der Waals surface area contributed by atoms with Crippen molar-refractivity contribution in [2.75, 3.05) is 40.3 Å². The molecule has 4 atom stereocenters. The van der Waals surface area contributed by atoms with Crippen LogP contribution in [0.15, 0.2) is 200 Å². The van der Waals surface area contributed by atoms with E-state index < -0.39 is 0 Å². The molecule has 0 bridgehead atoms. The molecule has 4 unspecified atom stereocenters. The first kappa shape index (κ1) is 58.9. The highest BCUT2D eigenvalue weighted by molar-refractivity contribution is 5.91. The smallest absolute Gasteiger partial charge is 0.160 e. The van der Waals surface area contributed by atoms with E-state index in [9.17, 15) is 0 Å². The molecule has 86 heavy (non-hydrogen) atoms. The summed E-state index contributed by atoms with van der Waals surface area (Å²) in [7, 11) is 4.28. The van der Waals surface area contributed by atoms with E-state index in [2.05, 4.69) is 164 Å². The molecule has 0 saturated heterocycles. The van der Waals surface area contributed by atoms with Gasteiger partial charge in [-0.25, -0.2) is 19.2 Å². The van der Waals surface area contributed by atoms with Crippen molar-refractivity contribution in [3.63, 3.8) is 0 Å². The van der Waals surface area contributed by atoms with E-state index in [-0.39, 0.29) is 24.7 Å². The fourth-order valence-electron chi connectivity index (χ4n) is 12.3. The Balaban J connectivity index is 0.000000122. The van der Waals surface area contributed by atoms with Crippen LogP contribution in [0.5, 0.6) is 0 Å². The van der Waals surface area contributed by atoms with Crippen LogP contribution in [0.2, 0.25) is 0 Å².